The topological polar surface area (TPSA) is 102 Å². The van der Waals surface area contributed by atoms with Gasteiger partial charge in [0.1, 0.15) is 12.6 Å². The maximum atomic E-state index is 12.7. The van der Waals surface area contributed by atoms with Crippen LogP contribution in [-0.2, 0) is 28.6 Å². The minimum absolute atomic E-state index is 0.00624. The average Bonchev–Trinajstić information content (AvgIpc) is 3.17. The van der Waals surface area contributed by atoms with Gasteiger partial charge in [-0.3, -0.25) is 9.59 Å². The van der Waals surface area contributed by atoms with Crippen molar-refractivity contribution < 1.29 is 38.2 Å². The molecule has 0 rings (SSSR count). The Morgan fingerprint density at radius 1 is 0.544 bits per heavy atom. The number of nitrogens with zero attached hydrogens (tertiary/aromatic N) is 1. The molecule has 0 N–H and O–H groups in total. The second kappa shape index (κ2) is 39.1. The van der Waals surface area contributed by atoms with Crippen molar-refractivity contribution >= 4 is 17.9 Å². The molecule has 0 aromatic rings. The molecule has 0 spiro atoms. The zero-order valence-corrected chi connectivity index (χ0v) is 36.5. The minimum Gasteiger partial charge on any atom is -0.544 e. The summed E-state index contributed by atoms with van der Waals surface area (Å²) in [5.74, 6) is -1.91. The molecule has 0 aromatic carbocycles. The Hall–Kier alpha value is -3.75. The highest BCUT2D eigenvalue weighted by Gasteiger charge is 2.25. The molecule has 0 saturated carbocycles. The first kappa shape index (κ1) is 53.2. The fourth-order valence-corrected chi connectivity index (χ4v) is 5.60. The lowest BCUT2D eigenvalue weighted by Gasteiger charge is -2.34. The van der Waals surface area contributed by atoms with E-state index < -0.39 is 24.1 Å². The fraction of sp³-hybridized carbons (Fsp3) is 0.612. The van der Waals surface area contributed by atoms with Gasteiger partial charge in [0.25, 0.3) is 0 Å². The number of rotatable bonds is 37. The van der Waals surface area contributed by atoms with Gasteiger partial charge in [-0.15, -0.1) is 0 Å². The highest BCUT2D eigenvalue weighted by Crippen LogP contribution is 2.10. The Morgan fingerprint density at radius 3 is 1.53 bits per heavy atom. The highest BCUT2D eigenvalue weighted by molar-refractivity contribution is 5.70. The Bertz CT molecular complexity index is 1250. The quantitative estimate of drug-likeness (QED) is 0.0267. The van der Waals surface area contributed by atoms with Crippen molar-refractivity contribution in [3.63, 3.8) is 0 Å². The predicted molar refractivity (Wildman–Crippen MR) is 235 cm³/mol. The molecule has 2 unspecified atom stereocenters. The van der Waals surface area contributed by atoms with Crippen LogP contribution in [-0.4, -0.2) is 75.5 Å². The summed E-state index contributed by atoms with van der Waals surface area (Å²) in [5, 5.41) is 11.6. The standard InChI is InChI=1S/C49H79NO7/c1-6-8-10-12-14-16-18-20-21-22-23-24-25-26-28-29-31-33-35-37-39-47(51)56-44-45(43-55-42-41-46(49(53)54)50(3,4)5)57-48(52)40-38-36-34-32-30-27-19-17-15-13-11-9-7-2/h8,10,14,16,20-21,23-24,26-28,30-31,33-34,36,45-46H,6-7,9,11-13,15,17-19,22,25,29,32,35,37-44H2,1-5H3/b10-8+,16-14+,21-20+,24-23+,28-26+,30-27+,33-31+,36-34+. The zero-order valence-electron chi connectivity index (χ0n) is 36.5. The van der Waals surface area contributed by atoms with Crippen molar-refractivity contribution in [1.29, 1.82) is 0 Å². The third kappa shape index (κ3) is 37.6. The number of aliphatic carboxylic acids is 1. The molecular formula is C49H79NO7. The van der Waals surface area contributed by atoms with E-state index in [4.69, 9.17) is 14.2 Å². The van der Waals surface area contributed by atoms with E-state index in [1.807, 2.05) is 6.08 Å². The van der Waals surface area contributed by atoms with Gasteiger partial charge in [0.05, 0.1) is 40.3 Å². The van der Waals surface area contributed by atoms with Crippen molar-refractivity contribution in [1.82, 2.24) is 0 Å². The molecule has 57 heavy (non-hydrogen) atoms. The van der Waals surface area contributed by atoms with Gasteiger partial charge >= 0.3 is 11.9 Å². The number of carboxylic acid groups (broad SMARTS) is 1. The predicted octanol–water partition coefficient (Wildman–Crippen LogP) is 10.6. The van der Waals surface area contributed by atoms with Crippen molar-refractivity contribution in [2.45, 2.75) is 154 Å². The number of unbranched alkanes of at least 4 members (excludes halogenated alkanes) is 7. The van der Waals surface area contributed by atoms with Gasteiger partial charge in [0.15, 0.2) is 6.10 Å². The lowest BCUT2D eigenvalue weighted by Crippen LogP contribution is -2.55. The maximum Gasteiger partial charge on any atom is 0.306 e. The Morgan fingerprint density at radius 2 is 1.02 bits per heavy atom. The smallest absolute Gasteiger partial charge is 0.306 e. The Kier molecular flexibility index (Phi) is 36.5. The largest absolute Gasteiger partial charge is 0.544 e. The van der Waals surface area contributed by atoms with Gasteiger partial charge < -0.3 is 28.6 Å². The molecule has 0 aromatic heterocycles. The van der Waals surface area contributed by atoms with Crippen LogP contribution < -0.4 is 5.11 Å². The molecule has 0 heterocycles. The zero-order chi connectivity index (χ0) is 42.1. The van der Waals surface area contributed by atoms with Crippen LogP contribution in [0, 0.1) is 0 Å². The van der Waals surface area contributed by atoms with Crippen molar-refractivity contribution in [2.24, 2.45) is 0 Å². The molecule has 0 saturated heterocycles. The lowest BCUT2D eigenvalue weighted by molar-refractivity contribution is -0.889. The molecule has 0 radical (unpaired) electrons. The molecule has 0 fully saturated rings. The van der Waals surface area contributed by atoms with E-state index in [9.17, 15) is 19.5 Å². The molecule has 0 bridgehead atoms. The number of allylic oxidation sites excluding steroid dienone is 16. The summed E-state index contributed by atoms with van der Waals surface area (Å²) in [6, 6.07) is -0.748. The van der Waals surface area contributed by atoms with E-state index in [2.05, 4.69) is 105 Å². The number of likely N-dealkylation sites (N-methyl/N-ethyl adjacent to an activating group) is 1. The first-order valence-electron chi connectivity index (χ1n) is 21.8. The molecule has 0 aliphatic heterocycles. The number of hydrogen-bond acceptors (Lipinski definition) is 7. The summed E-state index contributed by atoms with van der Waals surface area (Å²) in [6.45, 7) is 4.39. The number of hydrogen-bond donors (Lipinski definition) is 0. The second-order valence-electron chi connectivity index (χ2n) is 15.2. The van der Waals surface area contributed by atoms with Crippen LogP contribution >= 0.6 is 0 Å². The van der Waals surface area contributed by atoms with Crippen LogP contribution in [0.25, 0.3) is 0 Å². The summed E-state index contributed by atoms with van der Waals surface area (Å²) in [7, 11) is 5.36. The molecule has 0 aliphatic rings. The van der Waals surface area contributed by atoms with Gasteiger partial charge in [0, 0.05) is 19.3 Å². The van der Waals surface area contributed by atoms with Crippen molar-refractivity contribution in [2.75, 3.05) is 41.0 Å². The fourth-order valence-electron chi connectivity index (χ4n) is 5.60. The molecule has 322 valence electrons. The first-order valence-corrected chi connectivity index (χ1v) is 21.8. The van der Waals surface area contributed by atoms with Crippen LogP contribution in [0.4, 0.5) is 0 Å². The Balaban J connectivity index is 4.53. The summed E-state index contributed by atoms with van der Waals surface area (Å²) in [5.41, 5.74) is 0. The molecule has 0 aliphatic carbocycles. The number of esters is 2. The minimum atomic E-state index is -1.15. The van der Waals surface area contributed by atoms with Gasteiger partial charge in [0.2, 0.25) is 0 Å². The third-order valence-electron chi connectivity index (χ3n) is 8.97. The normalized spacial score (nSPS) is 13.9. The Labute approximate surface area is 347 Å². The van der Waals surface area contributed by atoms with E-state index in [1.165, 1.54) is 38.5 Å². The van der Waals surface area contributed by atoms with Crippen molar-refractivity contribution in [3.05, 3.63) is 97.2 Å². The van der Waals surface area contributed by atoms with E-state index in [0.29, 0.717) is 12.8 Å². The van der Waals surface area contributed by atoms with E-state index in [1.54, 1.807) is 21.1 Å². The second-order valence-corrected chi connectivity index (χ2v) is 15.2. The summed E-state index contributed by atoms with van der Waals surface area (Å²) < 4.78 is 17.0. The van der Waals surface area contributed by atoms with Crippen LogP contribution in [0.2, 0.25) is 0 Å². The van der Waals surface area contributed by atoms with Crippen LogP contribution in [0.3, 0.4) is 0 Å². The SMILES string of the molecule is CC/C=C/C/C=C/C/C=C/C/C=C/C/C=C/C/C=C/CCCC(=O)OCC(COCCC(C(=O)[O-])[N+](C)(C)C)OC(=O)CC/C=C/C/C=C/CCCCCCCC. The average molecular weight is 794 g/mol. The van der Waals surface area contributed by atoms with Crippen LogP contribution in [0.5, 0.6) is 0 Å². The summed E-state index contributed by atoms with van der Waals surface area (Å²) in [4.78, 5) is 36.8. The molecule has 2 atom stereocenters. The molecular weight excluding hydrogens is 715 g/mol. The summed E-state index contributed by atoms with van der Waals surface area (Å²) in [6.07, 6.45) is 51.7. The van der Waals surface area contributed by atoms with E-state index >= 15 is 0 Å². The highest BCUT2D eigenvalue weighted by atomic mass is 16.6. The first-order chi connectivity index (χ1) is 27.6. The summed E-state index contributed by atoms with van der Waals surface area (Å²) >= 11 is 0. The molecule has 8 nitrogen and oxygen atoms in total. The number of quaternary nitrogens is 1. The third-order valence-corrected chi connectivity index (χ3v) is 8.97. The molecule has 8 heteroatoms. The molecule has 0 amide bonds. The van der Waals surface area contributed by atoms with E-state index in [0.717, 1.165) is 57.8 Å². The lowest BCUT2D eigenvalue weighted by atomic mass is 10.1. The van der Waals surface area contributed by atoms with Gasteiger partial charge in [-0.25, -0.2) is 0 Å². The van der Waals surface area contributed by atoms with Gasteiger partial charge in [-0.05, 0) is 77.0 Å². The van der Waals surface area contributed by atoms with Crippen LogP contribution in [0.15, 0.2) is 97.2 Å². The number of carbonyl (C=O) groups is 3. The van der Waals surface area contributed by atoms with Crippen LogP contribution in [0.1, 0.15) is 142 Å². The van der Waals surface area contributed by atoms with E-state index in [-0.39, 0.29) is 49.5 Å². The van der Waals surface area contributed by atoms with Gasteiger partial charge in [-0.2, -0.15) is 0 Å². The van der Waals surface area contributed by atoms with Gasteiger partial charge in [-0.1, -0.05) is 143 Å². The number of ether oxygens (including phenoxy) is 3. The monoisotopic (exact) mass is 794 g/mol. The number of carboxylic acids is 1. The number of carbonyl (C=O) groups excluding carboxylic acids is 3. The maximum absolute atomic E-state index is 12.7. The van der Waals surface area contributed by atoms with Crippen molar-refractivity contribution in [3.8, 4) is 0 Å².